The molecule has 0 radical (unpaired) electrons. The van der Waals surface area contributed by atoms with Gasteiger partial charge >= 0.3 is 0 Å². The Morgan fingerprint density at radius 1 is 1.20 bits per heavy atom. The van der Waals surface area contributed by atoms with Crippen LogP contribution in [0.3, 0.4) is 0 Å². The van der Waals surface area contributed by atoms with E-state index in [0.717, 1.165) is 18.6 Å². The minimum absolute atomic E-state index is 0.178. The van der Waals surface area contributed by atoms with Crippen LogP contribution < -0.4 is 10.5 Å². The van der Waals surface area contributed by atoms with Crippen molar-refractivity contribution in [2.45, 2.75) is 24.8 Å². The van der Waals surface area contributed by atoms with E-state index < -0.39 is 0 Å². The third-order valence-corrected chi connectivity index (χ3v) is 4.31. The van der Waals surface area contributed by atoms with E-state index in [0.29, 0.717) is 10.9 Å². The molecule has 0 saturated carbocycles. The van der Waals surface area contributed by atoms with Crippen molar-refractivity contribution >= 4 is 11.6 Å². The fourth-order valence-corrected chi connectivity index (χ4v) is 3.33. The van der Waals surface area contributed by atoms with Crippen LogP contribution in [0.15, 0.2) is 42.5 Å². The molecule has 0 fully saturated rings. The van der Waals surface area contributed by atoms with Crippen LogP contribution in [0.2, 0.25) is 5.02 Å². The zero-order valence-electron chi connectivity index (χ0n) is 11.5. The second kappa shape index (κ2) is 5.47. The number of benzene rings is 2. The molecule has 2 N–H and O–H groups in total. The van der Waals surface area contributed by atoms with Crippen LogP contribution in [-0.2, 0) is 6.42 Å². The van der Waals surface area contributed by atoms with Crippen molar-refractivity contribution in [3.05, 3.63) is 64.2 Å². The van der Waals surface area contributed by atoms with Crippen LogP contribution >= 0.6 is 11.6 Å². The molecule has 0 saturated heterocycles. The highest BCUT2D eigenvalue weighted by Crippen LogP contribution is 2.40. The Kier molecular flexibility index (Phi) is 3.68. The Labute approximate surface area is 124 Å². The van der Waals surface area contributed by atoms with Gasteiger partial charge < -0.3 is 10.5 Å². The molecule has 3 rings (SSSR count). The lowest BCUT2D eigenvalue weighted by Crippen LogP contribution is -2.31. The predicted molar refractivity (Wildman–Crippen MR) is 82.6 cm³/mol. The van der Waals surface area contributed by atoms with Gasteiger partial charge in [-0.2, -0.15) is 0 Å². The zero-order valence-corrected chi connectivity index (χ0v) is 12.2. The summed E-state index contributed by atoms with van der Waals surface area (Å²) in [5, 5.41) is 0.659. The smallest absolute Gasteiger partial charge is 0.137 e. The standard InChI is InChI=1S/C17H18ClNO/c1-20-17-10-15-12(8-16(17)18)7-13(19)9-14(15)11-5-3-2-4-6-11/h2-6,8,10,13-14H,7,9,19H2,1H3/t13-,14+/m1/s1. The molecule has 104 valence electrons. The summed E-state index contributed by atoms with van der Waals surface area (Å²) < 4.78 is 5.36. The zero-order chi connectivity index (χ0) is 14.1. The molecule has 1 aliphatic rings. The maximum absolute atomic E-state index is 6.24. The van der Waals surface area contributed by atoms with Gasteiger partial charge in [0, 0.05) is 12.0 Å². The van der Waals surface area contributed by atoms with Crippen molar-refractivity contribution in [3.8, 4) is 5.75 Å². The van der Waals surface area contributed by atoms with Gasteiger partial charge in [0.25, 0.3) is 0 Å². The first-order valence-electron chi connectivity index (χ1n) is 6.86. The third-order valence-electron chi connectivity index (χ3n) is 4.01. The van der Waals surface area contributed by atoms with E-state index in [1.807, 2.05) is 12.1 Å². The van der Waals surface area contributed by atoms with E-state index in [2.05, 4.69) is 30.3 Å². The molecule has 0 bridgehead atoms. The van der Waals surface area contributed by atoms with Gasteiger partial charge in [-0.3, -0.25) is 0 Å². The molecule has 2 aromatic rings. The van der Waals surface area contributed by atoms with Crippen molar-refractivity contribution in [1.82, 2.24) is 0 Å². The van der Waals surface area contributed by atoms with E-state index in [4.69, 9.17) is 22.1 Å². The second-order valence-electron chi connectivity index (χ2n) is 5.35. The third kappa shape index (κ3) is 2.41. The van der Waals surface area contributed by atoms with Crippen LogP contribution in [0.25, 0.3) is 0 Å². The summed E-state index contributed by atoms with van der Waals surface area (Å²) in [6, 6.07) is 14.8. The molecule has 0 amide bonds. The largest absolute Gasteiger partial charge is 0.495 e. The van der Waals surface area contributed by atoms with Crippen molar-refractivity contribution < 1.29 is 4.74 Å². The lowest BCUT2D eigenvalue weighted by Gasteiger charge is -2.30. The highest BCUT2D eigenvalue weighted by atomic mass is 35.5. The van der Waals surface area contributed by atoms with Crippen LogP contribution in [0, 0.1) is 0 Å². The summed E-state index contributed by atoms with van der Waals surface area (Å²) in [4.78, 5) is 0. The summed E-state index contributed by atoms with van der Waals surface area (Å²) in [6.07, 6.45) is 1.84. The molecule has 0 unspecified atom stereocenters. The van der Waals surface area contributed by atoms with Crippen molar-refractivity contribution in [2.24, 2.45) is 5.73 Å². The summed E-state index contributed by atoms with van der Waals surface area (Å²) >= 11 is 6.24. The number of rotatable bonds is 2. The maximum atomic E-state index is 6.24. The van der Waals surface area contributed by atoms with Gasteiger partial charge in [-0.1, -0.05) is 41.9 Å². The minimum Gasteiger partial charge on any atom is -0.495 e. The number of ether oxygens (including phenoxy) is 1. The highest BCUT2D eigenvalue weighted by Gasteiger charge is 2.27. The van der Waals surface area contributed by atoms with Gasteiger partial charge in [-0.25, -0.2) is 0 Å². The normalized spacial score (nSPS) is 21.4. The quantitative estimate of drug-likeness (QED) is 0.913. The first-order valence-corrected chi connectivity index (χ1v) is 7.23. The van der Waals surface area contributed by atoms with Gasteiger partial charge in [0.1, 0.15) is 5.75 Å². The summed E-state index contributed by atoms with van der Waals surface area (Å²) in [6.45, 7) is 0. The van der Waals surface area contributed by atoms with Crippen molar-refractivity contribution in [1.29, 1.82) is 0 Å². The van der Waals surface area contributed by atoms with E-state index in [1.165, 1.54) is 16.7 Å². The highest BCUT2D eigenvalue weighted by molar-refractivity contribution is 6.32. The second-order valence-corrected chi connectivity index (χ2v) is 5.76. The molecule has 20 heavy (non-hydrogen) atoms. The Hall–Kier alpha value is -1.51. The fourth-order valence-electron chi connectivity index (χ4n) is 3.06. The Morgan fingerprint density at radius 2 is 1.95 bits per heavy atom. The van der Waals surface area contributed by atoms with Crippen LogP contribution in [0.1, 0.15) is 29.0 Å². The molecule has 0 heterocycles. The average molecular weight is 288 g/mol. The van der Waals surface area contributed by atoms with E-state index in [9.17, 15) is 0 Å². The number of halogens is 1. The van der Waals surface area contributed by atoms with E-state index in [-0.39, 0.29) is 6.04 Å². The number of hydrogen-bond donors (Lipinski definition) is 1. The average Bonchev–Trinajstić information content (AvgIpc) is 2.46. The molecular formula is C17H18ClNO. The van der Waals surface area contributed by atoms with Gasteiger partial charge in [-0.05, 0) is 41.7 Å². The Morgan fingerprint density at radius 3 is 2.65 bits per heavy atom. The summed E-state index contributed by atoms with van der Waals surface area (Å²) in [5.41, 5.74) is 10.1. The number of methoxy groups -OCH3 is 1. The summed E-state index contributed by atoms with van der Waals surface area (Å²) in [5.74, 6) is 1.06. The van der Waals surface area contributed by atoms with E-state index in [1.54, 1.807) is 7.11 Å². The van der Waals surface area contributed by atoms with Crippen LogP contribution in [-0.4, -0.2) is 13.2 Å². The van der Waals surface area contributed by atoms with Gasteiger partial charge in [-0.15, -0.1) is 0 Å². The molecule has 2 aromatic carbocycles. The van der Waals surface area contributed by atoms with Crippen molar-refractivity contribution in [2.75, 3.05) is 7.11 Å². The number of nitrogens with two attached hydrogens (primary N) is 1. The molecule has 1 aliphatic carbocycles. The SMILES string of the molecule is COc1cc2c(cc1Cl)C[C@@H](N)C[C@H]2c1ccccc1. The Bertz CT molecular complexity index is 612. The molecule has 2 atom stereocenters. The fraction of sp³-hybridized carbons (Fsp3) is 0.294. The van der Waals surface area contributed by atoms with Crippen molar-refractivity contribution in [3.63, 3.8) is 0 Å². The van der Waals surface area contributed by atoms with Gasteiger partial charge in [0.2, 0.25) is 0 Å². The number of fused-ring (bicyclic) bond motifs is 1. The Balaban J connectivity index is 2.11. The van der Waals surface area contributed by atoms with E-state index >= 15 is 0 Å². The maximum Gasteiger partial charge on any atom is 0.137 e. The summed E-state index contributed by atoms with van der Waals surface area (Å²) in [7, 11) is 1.65. The lowest BCUT2D eigenvalue weighted by atomic mass is 9.77. The molecule has 0 aromatic heterocycles. The predicted octanol–water partition coefficient (Wildman–Crippen LogP) is 3.75. The minimum atomic E-state index is 0.178. The molecule has 0 spiro atoms. The lowest BCUT2D eigenvalue weighted by molar-refractivity contribution is 0.412. The van der Waals surface area contributed by atoms with Crippen LogP contribution in [0.5, 0.6) is 5.75 Å². The molecular weight excluding hydrogens is 270 g/mol. The first-order chi connectivity index (χ1) is 9.69. The van der Waals surface area contributed by atoms with Crippen LogP contribution in [0.4, 0.5) is 0 Å². The first kappa shape index (κ1) is 13.5. The molecule has 0 aliphatic heterocycles. The number of hydrogen-bond acceptors (Lipinski definition) is 2. The molecule has 3 heteroatoms. The monoisotopic (exact) mass is 287 g/mol. The topological polar surface area (TPSA) is 35.2 Å². The van der Waals surface area contributed by atoms with Gasteiger partial charge in [0.05, 0.1) is 12.1 Å². The molecule has 2 nitrogen and oxygen atoms in total. The van der Waals surface area contributed by atoms with Gasteiger partial charge in [0.15, 0.2) is 0 Å².